The predicted octanol–water partition coefficient (Wildman–Crippen LogP) is 2.49. The summed E-state index contributed by atoms with van der Waals surface area (Å²) in [5, 5.41) is 7.21. The highest BCUT2D eigenvalue weighted by Gasteiger charge is 2.44. The van der Waals surface area contributed by atoms with Crippen molar-refractivity contribution in [3.63, 3.8) is 0 Å². The van der Waals surface area contributed by atoms with Crippen LogP contribution in [0.15, 0.2) is 24.3 Å². The molecule has 1 unspecified atom stereocenters. The molecule has 0 bridgehead atoms. The molecule has 0 radical (unpaired) electrons. The highest BCUT2D eigenvalue weighted by molar-refractivity contribution is 6.30. The first-order chi connectivity index (χ1) is 9.70. The fourth-order valence-corrected chi connectivity index (χ4v) is 3.12. The summed E-state index contributed by atoms with van der Waals surface area (Å²) in [6.07, 6.45) is 4.41. The summed E-state index contributed by atoms with van der Waals surface area (Å²) in [5.41, 5.74) is 1.45. The Labute approximate surface area is 125 Å². The molecule has 1 saturated carbocycles. The van der Waals surface area contributed by atoms with Gasteiger partial charge in [-0.05, 0) is 49.9 Å². The summed E-state index contributed by atoms with van der Waals surface area (Å²) in [4.78, 5) is 12.2. The summed E-state index contributed by atoms with van der Waals surface area (Å²) in [5.74, 6) is 0.349. The van der Waals surface area contributed by atoms with E-state index in [2.05, 4.69) is 22.8 Å². The van der Waals surface area contributed by atoms with Crippen molar-refractivity contribution in [3.8, 4) is 0 Å². The second-order valence-electron chi connectivity index (χ2n) is 6.05. The zero-order valence-corrected chi connectivity index (χ0v) is 12.4. The standard InChI is InChI=1S/C16H21ClN2O/c17-14-5-3-13(4-6-14)16(7-8-16)11-19-15(20)12-2-1-9-18-10-12/h3-6,12,18H,1-2,7-11H2,(H,19,20). The normalized spacial score (nSPS) is 24.1. The Balaban J connectivity index is 1.57. The molecule has 1 amide bonds. The molecule has 4 heteroatoms. The van der Waals surface area contributed by atoms with Crippen LogP contribution in [0.2, 0.25) is 5.02 Å². The van der Waals surface area contributed by atoms with Crippen molar-refractivity contribution in [2.75, 3.05) is 19.6 Å². The van der Waals surface area contributed by atoms with Gasteiger partial charge in [-0.15, -0.1) is 0 Å². The molecule has 108 valence electrons. The highest BCUT2D eigenvalue weighted by Crippen LogP contribution is 2.47. The number of nitrogens with one attached hydrogen (secondary N) is 2. The highest BCUT2D eigenvalue weighted by atomic mass is 35.5. The number of piperidine rings is 1. The average Bonchev–Trinajstić information content (AvgIpc) is 3.27. The third-order valence-electron chi connectivity index (χ3n) is 4.58. The molecular weight excluding hydrogens is 272 g/mol. The molecule has 0 spiro atoms. The topological polar surface area (TPSA) is 41.1 Å². The molecule has 1 saturated heterocycles. The number of amides is 1. The maximum absolute atomic E-state index is 12.2. The minimum atomic E-state index is 0.143. The van der Waals surface area contributed by atoms with Crippen LogP contribution in [0.5, 0.6) is 0 Å². The predicted molar refractivity (Wildman–Crippen MR) is 81.0 cm³/mol. The first kappa shape index (κ1) is 13.9. The number of rotatable bonds is 4. The number of hydrogen-bond acceptors (Lipinski definition) is 2. The van der Waals surface area contributed by atoms with Crippen LogP contribution in [-0.4, -0.2) is 25.5 Å². The molecule has 2 N–H and O–H groups in total. The van der Waals surface area contributed by atoms with Gasteiger partial charge in [0.25, 0.3) is 0 Å². The van der Waals surface area contributed by atoms with Crippen molar-refractivity contribution in [2.24, 2.45) is 5.92 Å². The smallest absolute Gasteiger partial charge is 0.224 e. The van der Waals surface area contributed by atoms with Crippen LogP contribution in [0.4, 0.5) is 0 Å². The quantitative estimate of drug-likeness (QED) is 0.895. The summed E-state index contributed by atoms with van der Waals surface area (Å²) in [6, 6.07) is 8.04. The van der Waals surface area contributed by atoms with Crippen LogP contribution in [-0.2, 0) is 10.2 Å². The van der Waals surface area contributed by atoms with E-state index in [-0.39, 0.29) is 17.2 Å². The van der Waals surface area contributed by atoms with E-state index >= 15 is 0 Å². The van der Waals surface area contributed by atoms with Gasteiger partial charge in [0.05, 0.1) is 5.92 Å². The Morgan fingerprint density at radius 3 is 2.70 bits per heavy atom. The number of carbonyl (C=O) groups excluding carboxylic acids is 1. The monoisotopic (exact) mass is 292 g/mol. The van der Waals surface area contributed by atoms with Gasteiger partial charge in [-0.25, -0.2) is 0 Å². The molecule has 2 fully saturated rings. The van der Waals surface area contributed by atoms with Gasteiger partial charge in [0.15, 0.2) is 0 Å². The van der Waals surface area contributed by atoms with Crippen LogP contribution < -0.4 is 10.6 Å². The van der Waals surface area contributed by atoms with Gasteiger partial charge < -0.3 is 10.6 Å². The fraction of sp³-hybridized carbons (Fsp3) is 0.562. The second kappa shape index (κ2) is 5.74. The van der Waals surface area contributed by atoms with E-state index in [1.807, 2.05) is 12.1 Å². The minimum absolute atomic E-state index is 0.143. The lowest BCUT2D eigenvalue weighted by atomic mass is 9.94. The van der Waals surface area contributed by atoms with E-state index in [1.54, 1.807) is 0 Å². The maximum Gasteiger partial charge on any atom is 0.224 e. The van der Waals surface area contributed by atoms with E-state index in [9.17, 15) is 4.79 Å². The van der Waals surface area contributed by atoms with Crippen molar-refractivity contribution in [1.82, 2.24) is 10.6 Å². The summed E-state index contributed by atoms with van der Waals surface area (Å²) < 4.78 is 0. The molecule has 1 aromatic carbocycles. The minimum Gasteiger partial charge on any atom is -0.355 e. The second-order valence-corrected chi connectivity index (χ2v) is 6.48. The van der Waals surface area contributed by atoms with Gasteiger partial charge in [0.2, 0.25) is 5.91 Å². The van der Waals surface area contributed by atoms with Crippen LogP contribution in [0.3, 0.4) is 0 Å². The first-order valence-electron chi connectivity index (χ1n) is 7.44. The van der Waals surface area contributed by atoms with Gasteiger partial charge in [-0.3, -0.25) is 4.79 Å². The molecular formula is C16H21ClN2O. The Morgan fingerprint density at radius 2 is 2.10 bits per heavy atom. The Hall–Kier alpha value is -1.06. The van der Waals surface area contributed by atoms with Crippen LogP contribution >= 0.6 is 11.6 Å². The first-order valence-corrected chi connectivity index (χ1v) is 7.82. The number of hydrogen-bond donors (Lipinski definition) is 2. The van der Waals surface area contributed by atoms with E-state index in [1.165, 1.54) is 5.56 Å². The molecule has 0 aromatic heterocycles. The lowest BCUT2D eigenvalue weighted by Gasteiger charge is -2.24. The Bertz CT molecular complexity index is 476. The molecule has 1 aliphatic carbocycles. The molecule has 1 aliphatic heterocycles. The van der Waals surface area contributed by atoms with Crippen molar-refractivity contribution in [3.05, 3.63) is 34.9 Å². The average molecular weight is 293 g/mol. The molecule has 20 heavy (non-hydrogen) atoms. The van der Waals surface area contributed by atoms with E-state index in [4.69, 9.17) is 11.6 Å². The zero-order valence-electron chi connectivity index (χ0n) is 11.6. The molecule has 3 nitrogen and oxygen atoms in total. The van der Waals surface area contributed by atoms with Gasteiger partial charge >= 0.3 is 0 Å². The van der Waals surface area contributed by atoms with Crippen LogP contribution in [0.1, 0.15) is 31.2 Å². The zero-order chi connectivity index (χ0) is 14.0. The van der Waals surface area contributed by atoms with Crippen molar-refractivity contribution < 1.29 is 4.79 Å². The third kappa shape index (κ3) is 2.99. The Morgan fingerprint density at radius 1 is 1.35 bits per heavy atom. The van der Waals surface area contributed by atoms with Crippen molar-refractivity contribution >= 4 is 17.5 Å². The SMILES string of the molecule is O=C(NCC1(c2ccc(Cl)cc2)CC1)C1CCCNC1. The molecule has 1 heterocycles. The van der Waals surface area contributed by atoms with Crippen molar-refractivity contribution in [2.45, 2.75) is 31.1 Å². The third-order valence-corrected chi connectivity index (χ3v) is 4.83. The van der Waals surface area contributed by atoms with Gasteiger partial charge in [0.1, 0.15) is 0 Å². The number of halogens is 1. The molecule has 3 rings (SSSR count). The molecule has 1 aromatic rings. The molecule has 2 aliphatic rings. The van der Waals surface area contributed by atoms with Crippen molar-refractivity contribution in [1.29, 1.82) is 0 Å². The molecule has 1 atom stereocenters. The largest absolute Gasteiger partial charge is 0.355 e. The van der Waals surface area contributed by atoms with E-state index in [0.717, 1.165) is 50.3 Å². The Kier molecular flexibility index (Phi) is 3.99. The lowest BCUT2D eigenvalue weighted by molar-refractivity contribution is -0.125. The summed E-state index contributed by atoms with van der Waals surface area (Å²) in [6.45, 7) is 2.61. The maximum atomic E-state index is 12.2. The van der Waals surface area contributed by atoms with Crippen LogP contribution in [0.25, 0.3) is 0 Å². The van der Waals surface area contributed by atoms with Gasteiger partial charge in [0, 0.05) is 23.5 Å². The van der Waals surface area contributed by atoms with Gasteiger partial charge in [-0.2, -0.15) is 0 Å². The van der Waals surface area contributed by atoms with Gasteiger partial charge in [-0.1, -0.05) is 23.7 Å². The summed E-state index contributed by atoms with van der Waals surface area (Å²) >= 11 is 5.93. The van der Waals surface area contributed by atoms with E-state index in [0.29, 0.717) is 0 Å². The van der Waals surface area contributed by atoms with E-state index < -0.39 is 0 Å². The summed E-state index contributed by atoms with van der Waals surface area (Å²) in [7, 11) is 0. The lowest BCUT2D eigenvalue weighted by Crippen LogP contribution is -2.42. The number of carbonyl (C=O) groups is 1. The van der Waals surface area contributed by atoms with Crippen LogP contribution in [0, 0.1) is 5.92 Å². The number of benzene rings is 1. The fourth-order valence-electron chi connectivity index (χ4n) is 3.00.